The lowest BCUT2D eigenvalue weighted by atomic mass is 9.92. The van der Waals surface area contributed by atoms with Crippen molar-refractivity contribution in [3.8, 4) is 5.75 Å². The molecule has 0 aromatic heterocycles. The second kappa shape index (κ2) is 11.2. The van der Waals surface area contributed by atoms with Crippen LogP contribution in [0.25, 0.3) is 0 Å². The van der Waals surface area contributed by atoms with Gasteiger partial charge in [0.15, 0.2) is 6.29 Å². The lowest BCUT2D eigenvalue weighted by Gasteiger charge is -2.36. The Balaban J connectivity index is 1.12. The maximum Gasteiger partial charge on any atom is 0.270 e. The van der Waals surface area contributed by atoms with Gasteiger partial charge in [0.2, 0.25) is 5.91 Å². The molecule has 36 heavy (non-hydrogen) atoms. The average Bonchev–Trinajstić information content (AvgIpc) is 2.85. The Hall–Kier alpha value is -2.66. The van der Waals surface area contributed by atoms with Gasteiger partial charge in [-0.1, -0.05) is 11.8 Å². The highest BCUT2D eigenvalue weighted by molar-refractivity contribution is 7.99. The molecule has 1 saturated heterocycles. The molecule has 0 bridgehead atoms. The van der Waals surface area contributed by atoms with Crippen LogP contribution < -0.4 is 9.64 Å². The first-order valence-electron chi connectivity index (χ1n) is 12.4. The standard InChI is InChI=1S/C26H30N2O7S/c1-17(29)27-22-8-6-18(28(30)31)13-24(22)36-25-16-19(7-9-23(25)27)35-21-14-20(15-21)32-11-4-12-34-26-5-2-3-10-33-26/h6-9,13,16,20-21,26H,2-5,10-12,14-15H2,1H3. The molecule has 1 atom stereocenters. The summed E-state index contributed by atoms with van der Waals surface area (Å²) < 4.78 is 23.4. The minimum absolute atomic E-state index is 0.00463. The number of hydrogen-bond acceptors (Lipinski definition) is 8. The number of rotatable bonds is 9. The Morgan fingerprint density at radius 2 is 1.83 bits per heavy atom. The van der Waals surface area contributed by atoms with E-state index in [1.54, 1.807) is 11.0 Å². The quantitative estimate of drug-likeness (QED) is 0.242. The molecule has 1 amide bonds. The van der Waals surface area contributed by atoms with Crippen LogP contribution in [0.15, 0.2) is 46.2 Å². The second-order valence-corrected chi connectivity index (χ2v) is 10.3. The van der Waals surface area contributed by atoms with Crippen molar-refractivity contribution < 1.29 is 28.7 Å². The van der Waals surface area contributed by atoms with E-state index in [4.69, 9.17) is 18.9 Å². The van der Waals surface area contributed by atoms with E-state index in [1.165, 1.54) is 37.2 Å². The first kappa shape index (κ1) is 25.0. The zero-order valence-corrected chi connectivity index (χ0v) is 21.0. The number of nitro benzene ring substituents is 1. The molecule has 2 aliphatic heterocycles. The molecule has 2 heterocycles. The summed E-state index contributed by atoms with van der Waals surface area (Å²) in [5.74, 6) is 0.555. The van der Waals surface area contributed by atoms with Crippen LogP contribution in [0.3, 0.4) is 0 Å². The van der Waals surface area contributed by atoms with Crippen LogP contribution in [0.4, 0.5) is 17.1 Å². The molecule has 2 aromatic carbocycles. The van der Waals surface area contributed by atoms with Gasteiger partial charge in [0.25, 0.3) is 5.69 Å². The summed E-state index contributed by atoms with van der Waals surface area (Å²) >= 11 is 1.40. The molecule has 0 radical (unpaired) electrons. The van der Waals surface area contributed by atoms with Gasteiger partial charge in [0, 0.05) is 54.9 Å². The summed E-state index contributed by atoms with van der Waals surface area (Å²) in [6, 6.07) is 10.2. The highest BCUT2D eigenvalue weighted by atomic mass is 32.2. The van der Waals surface area contributed by atoms with Crippen molar-refractivity contribution in [2.45, 2.75) is 73.7 Å². The Bertz CT molecular complexity index is 1120. The third kappa shape index (κ3) is 5.67. The van der Waals surface area contributed by atoms with Gasteiger partial charge in [0.1, 0.15) is 11.9 Å². The van der Waals surface area contributed by atoms with Crippen LogP contribution in [0.1, 0.15) is 45.4 Å². The first-order valence-corrected chi connectivity index (χ1v) is 13.2. The van der Waals surface area contributed by atoms with Gasteiger partial charge in [-0.05, 0) is 49.9 Å². The summed E-state index contributed by atoms with van der Waals surface area (Å²) in [6.45, 7) is 3.58. The van der Waals surface area contributed by atoms with Crippen LogP contribution in [0, 0.1) is 10.1 Å². The average molecular weight is 515 g/mol. The molecule has 2 fully saturated rings. The number of ether oxygens (including phenoxy) is 4. The molecule has 0 N–H and O–H groups in total. The normalized spacial score (nSPS) is 22.8. The van der Waals surface area contributed by atoms with Gasteiger partial charge >= 0.3 is 0 Å². The van der Waals surface area contributed by atoms with Crippen molar-refractivity contribution in [3.05, 3.63) is 46.5 Å². The minimum Gasteiger partial charge on any atom is -0.490 e. The van der Waals surface area contributed by atoms with E-state index in [-0.39, 0.29) is 30.1 Å². The number of benzene rings is 2. The van der Waals surface area contributed by atoms with Gasteiger partial charge in [-0.25, -0.2) is 0 Å². The fraction of sp³-hybridized carbons (Fsp3) is 0.500. The zero-order chi connectivity index (χ0) is 25.1. The number of anilines is 2. The molecule has 9 nitrogen and oxygen atoms in total. The van der Waals surface area contributed by atoms with E-state index < -0.39 is 4.92 Å². The molecular weight excluding hydrogens is 484 g/mol. The molecule has 10 heteroatoms. The third-order valence-electron chi connectivity index (χ3n) is 6.54. The van der Waals surface area contributed by atoms with Crippen LogP contribution in [0.5, 0.6) is 5.75 Å². The minimum atomic E-state index is -0.429. The van der Waals surface area contributed by atoms with E-state index in [0.29, 0.717) is 29.5 Å². The number of amides is 1. The molecule has 2 aromatic rings. The number of nitro groups is 1. The van der Waals surface area contributed by atoms with Gasteiger partial charge in [0.05, 0.1) is 29.0 Å². The molecule has 1 aliphatic carbocycles. The Kier molecular flexibility index (Phi) is 7.76. The fourth-order valence-electron chi connectivity index (χ4n) is 4.61. The fourth-order valence-corrected chi connectivity index (χ4v) is 5.73. The van der Waals surface area contributed by atoms with Crippen LogP contribution in [-0.4, -0.2) is 49.1 Å². The number of carbonyl (C=O) groups is 1. The summed E-state index contributed by atoms with van der Waals surface area (Å²) in [5, 5.41) is 11.2. The van der Waals surface area contributed by atoms with E-state index >= 15 is 0 Å². The third-order valence-corrected chi connectivity index (χ3v) is 7.63. The number of fused-ring (bicyclic) bond motifs is 2. The van der Waals surface area contributed by atoms with Crippen LogP contribution in [0.2, 0.25) is 0 Å². The highest BCUT2D eigenvalue weighted by Gasteiger charge is 2.33. The first-order chi connectivity index (χ1) is 17.5. The van der Waals surface area contributed by atoms with Crippen LogP contribution >= 0.6 is 11.8 Å². The largest absolute Gasteiger partial charge is 0.490 e. The Labute approximate surface area is 214 Å². The van der Waals surface area contributed by atoms with Crippen molar-refractivity contribution in [3.63, 3.8) is 0 Å². The molecular formula is C26H30N2O7S. The highest BCUT2D eigenvalue weighted by Crippen LogP contribution is 2.50. The Morgan fingerprint density at radius 1 is 1.08 bits per heavy atom. The SMILES string of the molecule is CC(=O)N1c2ccc(OC3CC(OCCCOC4CCCCO4)C3)cc2Sc2cc([N+](=O)[O-])ccc21. The van der Waals surface area contributed by atoms with E-state index in [2.05, 4.69) is 0 Å². The lowest BCUT2D eigenvalue weighted by molar-refractivity contribution is -0.385. The smallest absolute Gasteiger partial charge is 0.270 e. The van der Waals surface area contributed by atoms with Crippen molar-refractivity contribution in [2.24, 2.45) is 0 Å². The number of nitrogens with zero attached hydrogens (tertiary/aromatic N) is 2. The van der Waals surface area contributed by atoms with Crippen molar-refractivity contribution in [1.82, 2.24) is 0 Å². The predicted molar refractivity (Wildman–Crippen MR) is 134 cm³/mol. The maximum atomic E-state index is 12.4. The number of hydrogen-bond donors (Lipinski definition) is 0. The monoisotopic (exact) mass is 514 g/mol. The van der Waals surface area contributed by atoms with E-state index in [9.17, 15) is 14.9 Å². The number of non-ortho nitro benzene ring substituents is 1. The topological polar surface area (TPSA) is 100 Å². The van der Waals surface area contributed by atoms with E-state index in [1.807, 2.05) is 18.2 Å². The van der Waals surface area contributed by atoms with Gasteiger partial charge in [-0.3, -0.25) is 19.8 Å². The Morgan fingerprint density at radius 3 is 2.56 bits per heavy atom. The molecule has 192 valence electrons. The molecule has 1 unspecified atom stereocenters. The van der Waals surface area contributed by atoms with Gasteiger partial charge < -0.3 is 18.9 Å². The maximum absolute atomic E-state index is 12.4. The molecule has 1 saturated carbocycles. The van der Waals surface area contributed by atoms with Crippen molar-refractivity contribution in [2.75, 3.05) is 24.7 Å². The summed E-state index contributed by atoms with van der Waals surface area (Å²) in [4.78, 5) is 26.3. The van der Waals surface area contributed by atoms with Gasteiger partial charge in [-0.15, -0.1) is 0 Å². The van der Waals surface area contributed by atoms with Crippen LogP contribution in [-0.2, 0) is 19.0 Å². The summed E-state index contributed by atoms with van der Waals surface area (Å²) in [6.07, 6.45) is 5.96. The van der Waals surface area contributed by atoms with Crippen molar-refractivity contribution in [1.29, 1.82) is 0 Å². The molecule has 0 spiro atoms. The zero-order valence-electron chi connectivity index (χ0n) is 20.2. The predicted octanol–water partition coefficient (Wildman–Crippen LogP) is 5.60. The molecule has 5 rings (SSSR count). The number of carbonyl (C=O) groups excluding carboxylic acids is 1. The molecule has 3 aliphatic rings. The summed E-state index contributed by atoms with van der Waals surface area (Å²) in [7, 11) is 0. The second-order valence-electron chi connectivity index (χ2n) is 9.22. The summed E-state index contributed by atoms with van der Waals surface area (Å²) in [5.41, 5.74) is 1.39. The lowest BCUT2D eigenvalue weighted by Crippen LogP contribution is -2.39. The van der Waals surface area contributed by atoms with Crippen molar-refractivity contribution >= 4 is 34.7 Å². The van der Waals surface area contributed by atoms with Gasteiger partial charge in [-0.2, -0.15) is 0 Å². The van der Waals surface area contributed by atoms with E-state index in [0.717, 1.165) is 49.3 Å².